The highest BCUT2D eigenvalue weighted by Gasteiger charge is 2.38. The van der Waals surface area contributed by atoms with Gasteiger partial charge in [0, 0.05) is 43.0 Å². The van der Waals surface area contributed by atoms with Crippen LogP contribution in [0.4, 0.5) is 4.39 Å². The molecule has 2 aliphatic heterocycles. The molecule has 1 aromatic carbocycles. The minimum atomic E-state index is -0.619. The molecule has 1 saturated heterocycles. The quantitative estimate of drug-likeness (QED) is 0.590. The normalized spacial score (nSPS) is 21.7. The molecule has 3 heterocycles. The van der Waals surface area contributed by atoms with E-state index < -0.39 is 5.41 Å². The number of carbonyl (C=O) groups excluding carboxylic acids is 2. The van der Waals surface area contributed by atoms with Crippen molar-refractivity contribution in [1.29, 1.82) is 0 Å². The average molecular weight is 492 g/mol. The Balaban J connectivity index is 1.47. The van der Waals surface area contributed by atoms with E-state index in [0.717, 1.165) is 24.1 Å². The zero-order valence-electron chi connectivity index (χ0n) is 19.4. The van der Waals surface area contributed by atoms with Gasteiger partial charge in [0.1, 0.15) is 5.82 Å². The third-order valence-electron chi connectivity index (χ3n) is 6.72. The van der Waals surface area contributed by atoms with Crippen LogP contribution in [0.3, 0.4) is 0 Å². The zero-order chi connectivity index (χ0) is 23.8. The van der Waals surface area contributed by atoms with E-state index in [1.165, 1.54) is 10.9 Å². The predicted octanol–water partition coefficient (Wildman–Crippen LogP) is 4.16. The number of halogens is 2. The molecule has 33 heavy (non-hydrogen) atoms. The highest BCUT2D eigenvalue weighted by molar-refractivity contribution is 7.10. The Morgan fingerprint density at radius 3 is 2.70 bits per heavy atom. The Morgan fingerprint density at radius 1 is 1.21 bits per heavy atom. The van der Waals surface area contributed by atoms with Gasteiger partial charge < -0.3 is 9.80 Å². The number of nitrogens with zero attached hydrogens (tertiary/aromatic N) is 3. The van der Waals surface area contributed by atoms with Crippen LogP contribution in [0.5, 0.6) is 0 Å². The van der Waals surface area contributed by atoms with Crippen LogP contribution in [0.25, 0.3) is 0 Å². The molecule has 0 unspecified atom stereocenters. The number of amides is 2. The lowest BCUT2D eigenvalue weighted by molar-refractivity contribution is -0.148. The van der Waals surface area contributed by atoms with Gasteiger partial charge in [-0.15, -0.1) is 22.9 Å². The highest BCUT2D eigenvalue weighted by Crippen LogP contribution is 2.38. The van der Waals surface area contributed by atoms with E-state index in [9.17, 15) is 14.0 Å². The summed E-state index contributed by atoms with van der Waals surface area (Å²) in [7, 11) is 0. The molecule has 0 spiro atoms. The van der Waals surface area contributed by atoms with Gasteiger partial charge in [-0.05, 0) is 61.9 Å². The first-order valence-corrected chi connectivity index (χ1v) is 12.8. The van der Waals surface area contributed by atoms with Gasteiger partial charge in [-0.3, -0.25) is 14.5 Å². The Morgan fingerprint density at radius 2 is 2.00 bits per heavy atom. The van der Waals surface area contributed by atoms with Crippen molar-refractivity contribution in [3.63, 3.8) is 0 Å². The van der Waals surface area contributed by atoms with E-state index in [4.69, 9.17) is 11.6 Å². The number of hydrogen-bond donors (Lipinski definition) is 0. The second-order valence-corrected chi connectivity index (χ2v) is 10.9. The van der Waals surface area contributed by atoms with Gasteiger partial charge in [0.15, 0.2) is 0 Å². The molecule has 2 aliphatic rings. The van der Waals surface area contributed by atoms with Crippen LogP contribution < -0.4 is 0 Å². The van der Waals surface area contributed by atoms with Crippen LogP contribution in [0, 0.1) is 11.2 Å². The van der Waals surface area contributed by atoms with Crippen molar-refractivity contribution < 1.29 is 14.0 Å². The maximum atomic E-state index is 14.0. The van der Waals surface area contributed by atoms with E-state index >= 15 is 0 Å². The van der Waals surface area contributed by atoms with E-state index in [-0.39, 0.29) is 42.1 Å². The molecule has 2 aromatic rings. The molecule has 2 amide bonds. The molecule has 0 aliphatic carbocycles. The number of benzene rings is 1. The fourth-order valence-corrected chi connectivity index (χ4v) is 5.83. The molecular formula is C25H31ClFN3O2S. The monoisotopic (exact) mass is 491 g/mol. The lowest BCUT2D eigenvalue weighted by Crippen LogP contribution is -2.59. The second kappa shape index (κ2) is 9.72. The molecule has 0 saturated carbocycles. The first-order chi connectivity index (χ1) is 15.7. The Kier molecular flexibility index (Phi) is 7.12. The fourth-order valence-electron chi connectivity index (χ4n) is 4.81. The number of alkyl halides is 1. The van der Waals surface area contributed by atoms with Crippen LogP contribution >= 0.6 is 22.9 Å². The number of fused-ring (bicyclic) bond motifs is 1. The lowest BCUT2D eigenvalue weighted by Gasteiger charge is -2.43. The van der Waals surface area contributed by atoms with Crippen molar-refractivity contribution >= 4 is 34.8 Å². The molecule has 8 heteroatoms. The highest BCUT2D eigenvalue weighted by atomic mass is 35.5. The summed E-state index contributed by atoms with van der Waals surface area (Å²) in [5.74, 6) is 0.0733. The van der Waals surface area contributed by atoms with Crippen LogP contribution in [0.1, 0.15) is 42.8 Å². The van der Waals surface area contributed by atoms with E-state index in [1.54, 1.807) is 23.5 Å². The molecule has 5 nitrogen and oxygen atoms in total. The number of piperazine rings is 1. The maximum Gasteiger partial charge on any atom is 0.236 e. The number of hydrogen-bond acceptors (Lipinski definition) is 4. The zero-order valence-corrected chi connectivity index (χ0v) is 21.0. The maximum absolute atomic E-state index is 14.0. The number of thiophene rings is 1. The molecule has 0 radical (unpaired) electrons. The molecule has 4 rings (SSSR count). The van der Waals surface area contributed by atoms with Crippen LogP contribution in [-0.4, -0.2) is 71.2 Å². The van der Waals surface area contributed by atoms with Crippen molar-refractivity contribution in [2.45, 2.75) is 39.3 Å². The summed E-state index contributed by atoms with van der Waals surface area (Å²) in [6.07, 6.45) is 0.887. The van der Waals surface area contributed by atoms with Crippen molar-refractivity contribution in [3.05, 3.63) is 57.5 Å². The lowest BCUT2D eigenvalue weighted by atomic mass is 9.92. The smallest absolute Gasteiger partial charge is 0.236 e. The Labute approximate surface area is 204 Å². The summed E-state index contributed by atoms with van der Waals surface area (Å²) in [6.45, 7) is 8.23. The second-order valence-electron chi connectivity index (χ2n) is 9.68. The third-order valence-corrected chi connectivity index (χ3v) is 8.39. The minimum Gasteiger partial charge on any atom is -0.338 e. The summed E-state index contributed by atoms with van der Waals surface area (Å²) < 4.78 is 14.0. The van der Waals surface area contributed by atoms with Crippen LogP contribution in [0.2, 0.25) is 0 Å². The summed E-state index contributed by atoms with van der Waals surface area (Å²) >= 11 is 7.73. The van der Waals surface area contributed by atoms with Crippen molar-refractivity contribution in [3.8, 4) is 0 Å². The Bertz CT molecular complexity index is 1030. The van der Waals surface area contributed by atoms with E-state index in [2.05, 4.69) is 16.3 Å². The van der Waals surface area contributed by atoms with Gasteiger partial charge in [-0.25, -0.2) is 4.39 Å². The van der Waals surface area contributed by atoms with Crippen molar-refractivity contribution in [2.75, 3.05) is 38.6 Å². The Hall–Kier alpha value is -1.96. The largest absolute Gasteiger partial charge is 0.338 e. The van der Waals surface area contributed by atoms with Gasteiger partial charge in [-0.2, -0.15) is 0 Å². The summed E-state index contributed by atoms with van der Waals surface area (Å²) in [4.78, 5) is 33.4. The predicted molar refractivity (Wildman–Crippen MR) is 130 cm³/mol. The molecular weight excluding hydrogens is 461 g/mol. The van der Waals surface area contributed by atoms with Crippen LogP contribution in [0.15, 0.2) is 35.7 Å². The molecule has 1 fully saturated rings. The van der Waals surface area contributed by atoms with E-state index in [1.807, 2.05) is 36.6 Å². The van der Waals surface area contributed by atoms with E-state index in [0.29, 0.717) is 19.6 Å². The number of rotatable bonds is 5. The van der Waals surface area contributed by atoms with Gasteiger partial charge in [0.2, 0.25) is 11.8 Å². The number of carbonyl (C=O) groups is 2. The molecule has 0 N–H and O–H groups in total. The van der Waals surface area contributed by atoms with Gasteiger partial charge in [0.25, 0.3) is 0 Å². The van der Waals surface area contributed by atoms with Crippen molar-refractivity contribution in [2.24, 2.45) is 5.41 Å². The summed E-state index contributed by atoms with van der Waals surface area (Å²) in [6, 6.07) is 8.57. The van der Waals surface area contributed by atoms with Gasteiger partial charge in [-0.1, -0.05) is 12.1 Å². The van der Waals surface area contributed by atoms with Crippen LogP contribution in [-0.2, 0) is 16.0 Å². The van der Waals surface area contributed by atoms with Crippen molar-refractivity contribution in [1.82, 2.24) is 14.7 Å². The van der Waals surface area contributed by atoms with Gasteiger partial charge >= 0.3 is 0 Å². The molecule has 2 atom stereocenters. The first-order valence-electron chi connectivity index (χ1n) is 11.4. The van der Waals surface area contributed by atoms with Gasteiger partial charge in [0.05, 0.1) is 18.0 Å². The third kappa shape index (κ3) is 4.96. The summed E-state index contributed by atoms with van der Waals surface area (Å²) in [5.41, 5.74) is 1.41. The molecule has 1 aromatic heterocycles. The fraction of sp³-hybridized carbons (Fsp3) is 0.520. The standard InChI is InChI=1S/C25H31ClFN3O2S/c1-17-14-28(10-11-30(17)24(32)25(2,3)16-26)22(31)15-29-9-7-21-20(8-12-33-21)23(29)18-5-4-6-19(27)13-18/h4-6,8,12-13,17,23H,7,9-11,14-16H2,1-3H3/t17-,23+/m1/s1. The molecule has 0 bridgehead atoms. The first kappa shape index (κ1) is 24.2. The summed E-state index contributed by atoms with van der Waals surface area (Å²) in [5, 5.41) is 2.07. The topological polar surface area (TPSA) is 43.9 Å². The minimum absolute atomic E-state index is 0.0317. The average Bonchev–Trinajstić information content (AvgIpc) is 3.27. The SMILES string of the molecule is C[C@@H]1CN(C(=O)CN2CCc3sccc3[C@@H]2c2cccc(F)c2)CCN1C(=O)C(C)(C)CCl. The molecule has 178 valence electrons.